The zero-order chi connectivity index (χ0) is 21.4. The largest absolute Gasteiger partial charge is 0.338 e. The number of halogens is 2. The van der Waals surface area contributed by atoms with Gasteiger partial charge in [-0.15, -0.1) is 0 Å². The maximum absolute atomic E-state index is 6.34. The number of nitrogens with zero attached hydrogens (tertiary/aromatic N) is 4. The van der Waals surface area contributed by atoms with Crippen LogP contribution in [0, 0.1) is 0 Å². The average molecular weight is 447 g/mol. The van der Waals surface area contributed by atoms with E-state index >= 15 is 0 Å². The summed E-state index contributed by atoms with van der Waals surface area (Å²) < 4.78 is 5.64. The molecule has 0 fully saturated rings. The number of aromatic nitrogens is 3. The van der Waals surface area contributed by atoms with Gasteiger partial charge in [-0.25, -0.2) is 9.97 Å². The van der Waals surface area contributed by atoms with Crippen LogP contribution in [0.25, 0.3) is 33.5 Å². The van der Waals surface area contributed by atoms with Crippen LogP contribution in [0.1, 0.15) is 0 Å². The van der Waals surface area contributed by atoms with Gasteiger partial charge in [0.2, 0.25) is 5.88 Å². The van der Waals surface area contributed by atoms with Crippen LogP contribution in [0.5, 0.6) is 0 Å². The quantitative estimate of drug-likeness (QED) is 0.296. The molecule has 0 saturated heterocycles. The van der Waals surface area contributed by atoms with Crippen molar-refractivity contribution in [2.75, 3.05) is 11.9 Å². The van der Waals surface area contributed by atoms with E-state index in [-0.39, 0.29) is 0 Å². The second-order valence-electron chi connectivity index (χ2n) is 6.99. The number of benzene rings is 3. The molecule has 2 aromatic heterocycles. The Balaban J connectivity index is 1.60. The van der Waals surface area contributed by atoms with E-state index < -0.39 is 0 Å². The third-order valence-electron chi connectivity index (χ3n) is 4.97. The van der Waals surface area contributed by atoms with E-state index in [9.17, 15) is 0 Å². The summed E-state index contributed by atoms with van der Waals surface area (Å²) in [5.74, 6) is 1.89. The molecule has 152 valence electrons. The Morgan fingerprint density at radius 1 is 0.839 bits per heavy atom. The zero-order valence-electron chi connectivity index (χ0n) is 16.5. The number of hydrogen-bond acceptors (Lipinski definition) is 5. The molecule has 0 bridgehead atoms. The molecule has 0 aliphatic rings. The Kier molecular flexibility index (Phi) is 5.06. The molecule has 0 amide bonds. The summed E-state index contributed by atoms with van der Waals surface area (Å²) >= 11 is 12.3. The standard InChI is InChI=1S/C24H16Cl2N4O/c1-30(22-14-21(29-31-22)17-12-11-16(25)13-19(17)26)24-18-9-5-6-10-20(18)27-23(28-24)15-7-3-2-4-8-15/h2-14H,1H3. The zero-order valence-corrected chi connectivity index (χ0v) is 18.0. The first-order valence-corrected chi connectivity index (χ1v) is 10.3. The minimum atomic E-state index is 0.508. The van der Waals surface area contributed by atoms with E-state index in [4.69, 9.17) is 37.7 Å². The van der Waals surface area contributed by atoms with Gasteiger partial charge in [-0.3, -0.25) is 4.90 Å². The fraction of sp³-hybridized carbons (Fsp3) is 0.0417. The monoisotopic (exact) mass is 446 g/mol. The van der Waals surface area contributed by atoms with Crippen LogP contribution in [0.15, 0.2) is 83.4 Å². The Labute approximate surface area is 188 Å². The number of anilines is 2. The van der Waals surface area contributed by atoms with E-state index in [0.29, 0.717) is 33.3 Å². The van der Waals surface area contributed by atoms with Gasteiger partial charge in [-0.05, 0) is 30.3 Å². The van der Waals surface area contributed by atoms with Crippen LogP contribution in [0.4, 0.5) is 11.7 Å². The minimum Gasteiger partial charge on any atom is -0.338 e. The summed E-state index contributed by atoms with van der Waals surface area (Å²) in [5, 5.41) is 6.18. The average Bonchev–Trinajstić information content (AvgIpc) is 3.28. The van der Waals surface area contributed by atoms with Gasteiger partial charge in [0.1, 0.15) is 11.5 Å². The van der Waals surface area contributed by atoms with Gasteiger partial charge in [0.25, 0.3) is 0 Å². The van der Waals surface area contributed by atoms with Crippen LogP contribution < -0.4 is 4.90 Å². The van der Waals surface area contributed by atoms with E-state index in [1.807, 2.05) is 78.7 Å². The highest BCUT2D eigenvalue weighted by Crippen LogP contribution is 2.35. The van der Waals surface area contributed by atoms with Crippen molar-refractivity contribution in [1.82, 2.24) is 15.1 Å². The molecule has 0 aliphatic carbocycles. The molecule has 2 heterocycles. The highest BCUT2D eigenvalue weighted by Gasteiger charge is 2.18. The molecule has 0 saturated carbocycles. The van der Waals surface area contributed by atoms with Crippen LogP contribution in [-0.2, 0) is 0 Å². The summed E-state index contributed by atoms with van der Waals surface area (Å²) in [4.78, 5) is 11.4. The molecule has 5 nitrogen and oxygen atoms in total. The topological polar surface area (TPSA) is 55.1 Å². The van der Waals surface area contributed by atoms with Gasteiger partial charge in [-0.2, -0.15) is 0 Å². The third-order valence-corrected chi connectivity index (χ3v) is 5.52. The molecule has 0 radical (unpaired) electrons. The molecule has 5 rings (SSSR count). The van der Waals surface area contributed by atoms with Gasteiger partial charge >= 0.3 is 0 Å². The van der Waals surface area contributed by atoms with Crippen molar-refractivity contribution in [3.63, 3.8) is 0 Å². The van der Waals surface area contributed by atoms with Gasteiger partial charge < -0.3 is 4.52 Å². The maximum Gasteiger partial charge on any atom is 0.233 e. The third kappa shape index (κ3) is 3.74. The normalized spacial score (nSPS) is 11.1. The van der Waals surface area contributed by atoms with Crippen molar-refractivity contribution in [2.45, 2.75) is 0 Å². The summed E-state index contributed by atoms with van der Waals surface area (Å²) in [6.45, 7) is 0. The van der Waals surface area contributed by atoms with Crippen LogP contribution in [0.3, 0.4) is 0 Å². The fourth-order valence-electron chi connectivity index (χ4n) is 3.38. The molecule has 3 aromatic carbocycles. The lowest BCUT2D eigenvalue weighted by Gasteiger charge is -2.17. The predicted molar refractivity (Wildman–Crippen MR) is 125 cm³/mol. The number of rotatable bonds is 4. The van der Waals surface area contributed by atoms with E-state index in [1.54, 1.807) is 12.1 Å². The summed E-state index contributed by atoms with van der Waals surface area (Å²) in [7, 11) is 1.89. The summed E-state index contributed by atoms with van der Waals surface area (Å²) in [6, 6.07) is 24.9. The molecule has 31 heavy (non-hydrogen) atoms. The van der Waals surface area contributed by atoms with Crippen LogP contribution in [-0.4, -0.2) is 22.2 Å². The lowest BCUT2D eigenvalue weighted by atomic mass is 10.1. The van der Waals surface area contributed by atoms with Gasteiger partial charge in [-0.1, -0.05) is 70.8 Å². The van der Waals surface area contributed by atoms with Crippen molar-refractivity contribution in [1.29, 1.82) is 0 Å². The first-order chi connectivity index (χ1) is 15.1. The summed E-state index contributed by atoms with van der Waals surface area (Å²) in [6.07, 6.45) is 0. The van der Waals surface area contributed by atoms with E-state index in [0.717, 1.165) is 22.0 Å². The van der Waals surface area contributed by atoms with Crippen molar-refractivity contribution < 1.29 is 4.52 Å². The Morgan fingerprint density at radius 2 is 1.61 bits per heavy atom. The molecule has 7 heteroatoms. The van der Waals surface area contributed by atoms with Gasteiger partial charge in [0, 0.05) is 34.6 Å². The number of hydrogen-bond donors (Lipinski definition) is 0. The predicted octanol–water partition coefficient (Wildman–Crippen LogP) is 7.03. The van der Waals surface area contributed by atoms with E-state index in [2.05, 4.69) is 5.16 Å². The molecule has 0 N–H and O–H groups in total. The molecular weight excluding hydrogens is 431 g/mol. The Bertz CT molecular complexity index is 1390. The Morgan fingerprint density at radius 3 is 2.42 bits per heavy atom. The SMILES string of the molecule is CN(c1cc(-c2ccc(Cl)cc2Cl)no1)c1nc(-c2ccccc2)nc2ccccc12. The fourth-order valence-corrected chi connectivity index (χ4v) is 3.89. The molecule has 5 aromatic rings. The molecule has 0 atom stereocenters. The van der Waals surface area contributed by atoms with Crippen LogP contribution in [0.2, 0.25) is 10.0 Å². The van der Waals surface area contributed by atoms with Crippen molar-refractivity contribution >= 4 is 45.8 Å². The highest BCUT2D eigenvalue weighted by atomic mass is 35.5. The van der Waals surface area contributed by atoms with E-state index in [1.165, 1.54) is 0 Å². The molecular formula is C24H16Cl2N4O. The number of para-hydroxylation sites is 1. The number of fused-ring (bicyclic) bond motifs is 1. The maximum atomic E-state index is 6.34. The first kappa shape index (κ1) is 19.5. The van der Waals surface area contributed by atoms with Crippen molar-refractivity contribution in [3.05, 3.63) is 88.9 Å². The molecule has 0 aliphatic heterocycles. The highest BCUT2D eigenvalue weighted by molar-refractivity contribution is 6.36. The minimum absolute atomic E-state index is 0.508. The van der Waals surface area contributed by atoms with Crippen molar-refractivity contribution in [3.8, 4) is 22.6 Å². The second-order valence-corrected chi connectivity index (χ2v) is 7.83. The second kappa shape index (κ2) is 8.02. The lowest BCUT2D eigenvalue weighted by Crippen LogP contribution is -2.12. The lowest BCUT2D eigenvalue weighted by molar-refractivity contribution is 0.428. The smallest absolute Gasteiger partial charge is 0.233 e. The summed E-state index contributed by atoms with van der Waals surface area (Å²) in [5.41, 5.74) is 3.14. The molecule has 0 unspecified atom stereocenters. The van der Waals surface area contributed by atoms with Crippen molar-refractivity contribution in [2.24, 2.45) is 0 Å². The van der Waals surface area contributed by atoms with Gasteiger partial charge in [0.15, 0.2) is 5.82 Å². The molecule has 0 spiro atoms. The first-order valence-electron chi connectivity index (χ1n) is 9.58. The Hall–Kier alpha value is -3.41. The van der Waals surface area contributed by atoms with Gasteiger partial charge in [0.05, 0.1) is 10.5 Å². The van der Waals surface area contributed by atoms with Crippen LogP contribution >= 0.6 is 23.2 Å².